The molecule has 8 nitrogen and oxygen atoms in total. The van der Waals surface area contributed by atoms with E-state index in [0.29, 0.717) is 24.0 Å². The molecule has 0 saturated carbocycles. The Kier molecular flexibility index (Phi) is 4.91. The molecule has 0 aliphatic carbocycles. The second kappa shape index (κ2) is 6.87. The number of nitrogens with one attached hydrogen (secondary N) is 3. The third-order valence-corrected chi connectivity index (χ3v) is 3.09. The molecule has 3 N–H and O–H groups in total. The zero-order valence-corrected chi connectivity index (χ0v) is 12.6. The van der Waals surface area contributed by atoms with Gasteiger partial charge in [-0.25, -0.2) is 4.98 Å². The van der Waals surface area contributed by atoms with Crippen LogP contribution >= 0.6 is 0 Å². The molecular formula is C13H21N7O. The van der Waals surface area contributed by atoms with Crippen molar-refractivity contribution < 1.29 is 4.79 Å². The van der Waals surface area contributed by atoms with Crippen LogP contribution in [0.2, 0.25) is 0 Å². The summed E-state index contributed by atoms with van der Waals surface area (Å²) in [5.74, 6) is 1.15. The summed E-state index contributed by atoms with van der Waals surface area (Å²) in [7, 11) is 1.62. The van der Waals surface area contributed by atoms with Crippen molar-refractivity contribution in [1.29, 1.82) is 0 Å². The number of nitrogens with zero attached hydrogens (tertiary/aromatic N) is 4. The third kappa shape index (κ3) is 3.39. The Hall–Kier alpha value is -2.38. The molecule has 2 aromatic rings. The summed E-state index contributed by atoms with van der Waals surface area (Å²) in [6.07, 6.45) is 2.56. The van der Waals surface area contributed by atoms with Gasteiger partial charge in [-0.15, -0.1) is 0 Å². The summed E-state index contributed by atoms with van der Waals surface area (Å²) in [4.78, 5) is 29.6. The fraction of sp³-hybridized carbons (Fsp3) is 0.538. The first-order valence-corrected chi connectivity index (χ1v) is 7.10. The highest BCUT2D eigenvalue weighted by atomic mass is 16.1. The van der Waals surface area contributed by atoms with Crippen LogP contribution in [0, 0.1) is 0 Å². The number of aromatic nitrogens is 4. The van der Waals surface area contributed by atoms with Gasteiger partial charge in [-0.3, -0.25) is 4.79 Å². The van der Waals surface area contributed by atoms with Gasteiger partial charge in [0.05, 0.1) is 12.9 Å². The van der Waals surface area contributed by atoms with E-state index in [2.05, 4.69) is 37.5 Å². The molecule has 0 aliphatic heterocycles. The number of carbonyl (C=O) groups is 1. The third-order valence-electron chi connectivity index (χ3n) is 3.09. The Morgan fingerprint density at radius 1 is 1.38 bits per heavy atom. The number of aromatic amines is 1. The van der Waals surface area contributed by atoms with E-state index < -0.39 is 0 Å². The largest absolute Gasteiger partial charge is 0.358 e. The number of hydrogen-bond donors (Lipinski definition) is 3. The van der Waals surface area contributed by atoms with Gasteiger partial charge in [0, 0.05) is 20.1 Å². The van der Waals surface area contributed by atoms with Crippen LogP contribution in [0.25, 0.3) is 11.2 Å². The summed E-state index contributed by atoms with van der Waals surface area (Å²) in [5.41, 5.74) is 1.33. The van der Waals surface area contributed by atoms with Crippen molar-refractivity contribution in [2.75, 3.05) is 36.9 Å². The van der Waals surface area contributed by atoms with Gasteiger partial charge in [0.15, 0.2) is 11.5 Å². The molecule has 8 heteroatoms. The zero-order chi connectivity index (χ0) is 15.2. The minimum atomic E-state index is -0.0637. The van der Waals surface area contributed by atoms with E-state index in [1.807, 2.05) is 11.8 Å². The molecule has 0 saturated heterocycles. The van der Waals surface area contributed by atoms with Crippen molar-refractivity contribution in [3.05, 3.63) is 6.33 Å². The first kappa shape index (κ1) is 15.0. The van der Waals surface area contributed by atoms with Gasteiger partial charge in [-0.1, -0.05) is 6.92 Å². The number of fused-ring (bicyclic) bond motifs is 1. The molecule has 0 radical (unpaired) electrons. The fourth-order valence-electron chi connectivity index (χ4n) is 1.95. The maximum atomic E-state index is 11.6. The lowest BCUT2D eigenvalue weighted by Gasteiger charge is -2.21. The fourth-order valence-corrected chi connectivity index (χ4v) is 1.95. The van der Waals surface area contributed by atoms with E-state index in [-0.39, 0.29) is 12.5 Å². The quantitative estimate of drug-likeness (QED) is 0.696. The lowest BCUT2D eigenvalue weighted by atomic mass is 10.4. The van der Waals surface area contributed by atoms with Crippen molar-refractivity contribution in [2.45, 2.75) is 20.3 Å². The summed E-state index contributed by atoms with van der Waals surface area (Å²) in [6.45, 7) is 5.74. The summed E-state index contributed by atoms with van der Waals surface area (Å²) in [6, 6.07) is 0. The molecule has 2 aromatic heterocycles. The van der Waals surface area contributed by atoms with Gasteiger partial charge in [-0.05, 0) is 13.3 Å². The molecule has 114 valence electrons. The van der Waals surface area contributed by atoms with E-state index in [1.54, 1.807) is 13.4 Å². The normalized spacial score (nSPS) is 10.6. The standard InChI is InChI=1S/C13H21N7O/c1-4-6-15-13-18-11-10(16-8-17-11)12(19-13)20(5-2)7-9(21)14-3/h8H,4-7H2,1-3H3,(H,14,21)(H2,15,16,17,18,19). The molecule has 0 fully saturated rings. The maximum Gasteiger partial charge on any atom is 0.239 e. The van der Waals surface area contributed by atoms with Gasteiger partial charge in [-0.2, -0.15) is 9.97 Å². The van der Waals surface area contributed by atoms with E-state index >= 15 is 0 Å². The highest BCUT2D eigenvalue weighted by molar-refractivity contribution is 5.88. The van der Waals surface area contributed by atoms with Crippen LogP contribution in [0.5, 0.6) is 0 Å². The maximum absolute atomic E-state index is 11.6. The van der Waals surface area contributed by atoms with Crippen LogP contribution in [-0.2, 0) is 4.79 Å². The molecule has 0 aromatic carbocycles. The SMILES string of the molecule is CCCNc1nc(N(CC)CC(=O)NC)c2[nH]cnc2n1. The van der Waals surface area contributed by atoms with Crippen LogP contribution in [0.4, 0.5) is 11.8 Å². The van der Waals surface area contributed by atoms with Crippen LogP contribution < -0.4 is 15.5 Å². The minimum absolute atomic E-state index is 0.0637. The molecule has 0 aliphatic rings. The van der Waals surface area contributed by atoms with Gasteiger partial charge >= 0.3 is 0 Å². The Morgan fingerprint density at radius 2 is 2.19 bits per heavy atom. The van der Waals surface area contributed by atoms with Crippen molar-refractivity contribution in [2.24, 2.45) is 0 Å². The molecule has 0 bridgehead atoms. The predicted molar refractivity (Wildman–Crippen MR) is 82.4 cm³/mol. The summed E-state index contributed by atoms with van der Waals surface area (Å²) in [5, 5.41) is 5.78. The Bertz CT molecular complexity index is 610. The van der Waals surface area contributed by atoms with Crippen molar-refractivity contribution in [3.8, 4) is 0 Å². The van der Waals surface area contributed by atoms with Crippen LogP contribution in [0.15, 0.2) is 6.33 Å². The molecule has 0 atom stereocenters. The van der Waals surface area contributed by atoms with E-state index in [0.717, 1.165) is 18.5 Å². The van der Waals surface area contributed by atoms with Crippen LogP contribution in [0.3, 0.4) is 0 Å². The monoisotopic (exact) mass is 291 g/mol. The number of likely N-dealkylation sites (N-methyl/N-ethyl adjacent to an activating group) is 2. The number of carbonyl (C=O) groups excluding carboxylic acids is 1. The molecular weight excluding hydrogens is 270 g/mol. The van der Waals surface area contributed by atoms with Gasteiger partial charge in [0.1, 0.15) is 5.52 Å². The lowest BCUT2D eigenvalue weighted by molar-refractivity contribution is -0.119. The van der Waals surface area contributed by atoms with Crippen LogP contribution in [-0.4, -0.2) is 52.5 Å². The molecule has 0 unspecified atom stereocenters. The average Bonchev–Trinajstić information content (AvgIpc) is 2.97. The Labute approximate surface area is 123 Å². The van der Waals surface area contributed by atoms with E-state index in [1.165, 1.54) is 0 Å². The summed E-state index contributed by atoms with van der Waals surface area (Å²) < 4.78 is 0. The van der Waals surface area contributed by atoms with Crippen molar-refractivity contribution in [3.63, 3.8) is 0 Å². The smallest absolute Gasteiger partial charge is 0.239 e. The Balaban J connectivity index is 2.38. The van der Waals surface area contributed by atoms with Crippen molar-refractivity contribution in [1.82, 2.24) is 25.3 Å². The minimum Gasteiger partial charge on any atom is -0.358 e. The van der Waals surface area contributed by atoms with Crippen LogP contribution in [0.1, 0.15) is 20.3 Å². The second-order valence-corrected chi connectivity index (χ2v) is 4.59. The average molecular weight is 291 g/mol. The number of hydrogen-bond acceptors (Lipinski definition) is 6. The number of anilines is 2. The van der Waals surface area contributed by atoms with Gasteiger partial charge in [0.2, 0.25) is 11.9 Å². The molecule has 2 heterocycles. The van der Waals surface area contributed by atoms with E-state index in [4.69, 9.17) is 0 Å². The number of rotatable bonds is 7. The first-order valence-electron chi connectivity index (χ1n) is 7.10. The Morgan fingerprint density at radius 3 is 2.86 bits per heavy atom. The van der Waals surface area contributed by atoms with Gasteiger partial charge in [0.25, 0.3) is 0 Å². The molecule has 21 heavy (non-hydrogen) atoms. The molecule has 1 amide bonds. The predicted octanol–water partition coefficient (Wildman–Crippen LogP) is 0.747. The number of amides is 1. The lowest BCUT2D eigenvalue weighted by Crippen LogP contribution is -2.36. The first-order chi connectivity index (χ1) is 10.2. The topological polar surface area (TPSA) is 98.8 Å². The molecule has 0 spiro atoms. The number of imidazole rings is 1. The number of H-pyrrole nitrogens is 1. The van der Waals surface area contributed by atoms with Gasteiger partial charge < -0.3 is 20.5 Å². The van der Waals surface area contributed by atoms with Crippen molar-refractivity contribution >= 4 is 28.8 Å². The second-order valence-electron chi connectivity index (χ2n) is 4.59. The van der Waals surface area contributed by atoms with E-state index in [9.17, 15) is 4.79 Å². The zero-order valence-electron chi connectivity index (χ0n) is 12.6. The summed E-state index contributed by atoms with van der Waals surface area (Å²) >= 11 is 0. The molecule has 2 rings (SSSR count). The highest BCUT2D eigenvalue weighted by Crippen LogP contribution is 2.22. The highest BCUT2D eigenvalue weighted by Gasteiger charge is 2.17.